The predicted octanol–water partition coefficient (Wildman–Crippen LogP) is 2.84. The quantitative estimate of drug-likeness (QED) is 0.771. The first-order chi connectivity index (χ1) is 10.6. The van der Waals surface area contributed by atoms with Gasteiger partial charge in [0.05, 0.1) is 23.3 Å². The van der Waals surface area contributed by atoms with E-state index >= 15 is 0 Å². The summed E-state index contributed by atoms with van der Waals surface area (Å²) in [5.41, 5.74) is 2.60. The molecule has 0 saturated heterocycles. The molecule has 0 radical (unpaired) electrons. The zero-order chi connectivity index (χ0) is 15.5. The van der Waals surface area contributed by atoms with Crippen molar-refractivity contribution in [2.75, 3.05) is 5.32 Å². The number of hydrogen-bond donors (Lipinski definition) is 2. The van der Waals surface area contributed by atoms with Gasteiger partial charge in [-0.15, -0.1) is 0 Å². The van der Waals surface area contributed by atoms with Gasteiger partial charge in [0.2, 0.25) is 5.76 Å². The van der Waals surface area contributed by atoms with Crippen LogP contribution in [0, 0.1) is 0 Å². The highest BCUT2D eigenvalue weighted by Gasteiger charge is 2.17. The van der Waals surface area contributed by atoms with Crippen LogP contribution < -0.4 is 5.32 Å². The summed E-state index contributed by atoms with van der Waals surface area (Å²) in [6.07, 6.45) is 3.20. The van der Waals surface area contributed by atoms with Gasteiger partial charge in [0, 0.05) is 12.3 Å². The van der Waals surface area contributed by atoms with Crippen LogP contribution in [0.4, 0.5) is 5.69 Å². The summed E-state index contributed by atoms with van der Waals surface area (Å²) in [5.74, 6) is -0.0156. The summed E-state index contributed by atoms with van der Waals surface area (Å²) < 4.78 is 5.07. The highest BCUT2D eigenvalue weighted by atomic mass is 16.5. The zero-order valence-electron chi connectivity index (χ0n) is 12.2. The van der Waals surface area contributed by atoms with E-state index in [2.05, 4.69) is 25.7 Å². The Balaban J connectivity index is 1.82. The molecule has 0 unspecified atom stereocenters. The van der Waals surface area contributed by atoms with Gasteiger partial charge in [0.1, 0.15) is 5.69 Å². The van der Waals surface area contributed by atoms with Crippen LogP contribution in [-0.4, -0.2) is 26.2 Å². The number of anilines is 1. The van der Waals surface area contributed by atoms with Gasteiger partial charge in [-0.05, 0) is 18.1 Å². The highest BCUT2D eigenvalue weighted by molar-refractivity contribution is 6.03. The van der Waals surface area contributed by atoms with Gasteiger partial charge in [-0.2, -0.15) is 5.10 Å². The number of H-pyrrole nitrogens is 1. The monoisotopic (exact) mass is 297 g/mol. The third kappa shape index (κ3) is 2.73. The number of aromatic nitrogens is 4. The van der Waals surface area contributed by atoms with E-state index in [1.165, 1.54) is 6.20 Å². The average molecular weight is 297 g/mol. The summed E-state index contributed by atoms with van der Waals surface area (Å²) in [6, 6.07) is 7.15. The first-order valence-corrected chi connectivity index (χ1v) is 6.88. The Hall–Kier alpha value is -2.96. The predicted molar refractivity (Wildman–Crippen MR) is 80.4 cm³/mol. The maximum atomic E-state index is 12.2. The van der Waals surface area contributed by atoms with Crippen LogP contribution in [0.5, 0.6) is 0 Å². The Labute approximate surface area is 126 Å². The van der Waals surface area contributed by atoms with Crippen LogP contribution in [0.25, 0.3) is 11.4 Å². The second-order valence-corrected chi connectivity index (χ2v) is 5.10. The molecule has 0 aromatic carbocycles. The van der Waals surface area contributed by atoms with Gasteiger partial charge >= 0.3 is 0 Å². The van der Waals surface area contributed by atoms with E-state index in [9.17, 15) is 4.79 Å². The fourth-order valence-corrected chi connectivity index (χ4v) is 1.94. The second-order valence-electron chi connectivity index (χ2n) is 5.10. The van der Waals surface area contributed by atoms with Gasteiger partial charge in [-0.3, -0.25) is 14.9 Å². The van der Waals surface area contributed by atoms with Crippen molar-refractivity contribution in [3.63, 3.8) is 0 Å². The summed E-state index contributed by atoms with van der Waals surface area (Å²) in [6.45, 7) is 3.96. The lowest BCUT2D eigenvalue weighted by Crippen LogP contribution is -2.11. The average Bonchev–Trinajstić information content (AvgIpc) is 3.17. The molecule has 1 amide bonds. The largest absolute Gasteiger partial charge is 0.351 e. The lowest BCUT2D eigenvalue weighted by molar-refractivity contribution is 0.0988. The summed E-state index contributed by atoms with van der Waals surface area (Å²) >= 11 is 0. The molecule has 3 aromatic rings. The van der Waals surface area contributed by atoms with E-state index in [4.69, 9.17) is 4.52 Å². The number of pyridine rings is 1. The van der Waals surface area contributed by atoms with E-state index in [1.807, 2.05) is 32.0 Å². The molecule has 7 heteroatoms. The molecule has 0 aliphatic heterocycles. The molecule has 7 nitrogen and oxygen atoms in total. The van der Waals surface area contributed by atoms with E-state index in [-0.39, 0.29) is 17.6 Å². The van der Waals surface area contributed by atoms with Crippen LogP contribution >= 0.6 is 0 Å². The Bertz CT molecular complexity index is 776. The lowest BCUT2D eigenvalue weighted by atomic mass is 10.1. The van der Waals surface area contributed by atoms with Crippen LogP contribution in [-0.2, 0) is 0 Å². The number of carbonyl (C=O) groups is 1. The Morgan fingerprint density at radius 2 is 2.23 bits per heavy atom. The molecule has 112 valence electrons. The van der Waals surface area contributed by atoms with Crippen molar-refractivity contribution in [3.8, 4) is 11.4 Å². The van der Waals surface area contributed by atoms with Crippen LogP contribution in [0.15, 0.2) is 41.2 Å². The van der Waals surface area contributed by atoms with Gasteiger partial charge < -0.3 is 9.84 Å². The molecular formula is C15H15N5O2. The van der Waals surface area contributed by atoms with Crippen molar-refractivity contribution in [3.05, 3.63) is 48.1 Å². The fraction of sp³-hybridized carbons (Fsp3) is 0.200. The first kappa shape index (κ1) is 14.0. The van der Waals surface area contributed by atoms with Gasteiger partial charge in [0.25, 0.3) is 5.91 Å². The van der Waals surface area contributed by atoms with Crippen molar-refractivity contribution >= 4 is 11.6 Å². The van der Waals surface area contributed by atoms with Crippen molar-refractivity contribution in [1.29, 1.82) is 0 Å². The third-order valence-corrected chi connectivity index (χ3v) is 3.15. The van der Waals surface area contributed by atoms with Crippen LogP contribution in [0.3, 0.4) is 0 Å². The molecule has 0 saturated carbocycles. The van der Waals surface area contributed by atoms with Crippen LogP contribution in [0.2, 0.25) is 0 Å². The number of rotatable bonds is 4. The molecule has 0 aliphatic rings. The molecule has 0 spiro atoms. The maximum absolute atomic E-state index is 12.2. The highest BCUT2D eigenvalue weighted by Crippen LogP contribution is 2.24. The SMILES string of the molecule is CC(C)c1cc(C(=O)Nc2cn[nH]c2-c2ccccn2)on1. The van der Waals surface area contributed by atoms with Gasteiger partial charge in [-0.25, -0.2) is 0 Å². The number of aromatic amines is 1. The minimum absolute atomic E-state index is 0.164. The lowest BCUT2D eigenvalue weighted by Gasteiger charge is -2.03. The number of nitrogens with one attached hydrogen (secondary N) is 2. The van der Waals surface area contributed by atoms with Crippen molar-refractivity contribution in [2.45, 2.75) is 19.8 Å². The normalized spacial score (nSPS) is 10.9. The number of carbonyl (C=O) groups excluding carboxylic acids is 1. The van der Waals surface area contributed by atoms with E-state index in [0.717, 1.165) is 5.69 Å². The third-order valence-electron chi connectivity index (χ3n) is 3.15. The van der Waals surface area contributed by atoms with E-state index in [1.54, 1.807) is 12.3 Å². The van der Waals surface area contributed by atoms with Crippen molar-refractivity contribution in [1.82, 2.24) is 20.3 Å². The standard InChI is InChI=1S/C15H15N5O2/c1-9(2)11-7-13(22-20-11)15(21)18-12-8-17-19-14(12)10-5-3-4-6-16-10/h3-9H,1-2H3,(H,17,19)(H,18,21). The first-order valence-electron chi connectivity index (χ1n) is 6.88. The van der Waals surface area contributed by atoms with E-state index < -0.39 is 0 Å². The molecule has 0 fully saturated rings. The van der Waals surface area contributed by atoms with Crippen molar-refractivity contribution < 1.29 is 9.32 Å². The smallest absolute Gasteiger partial charge is 0.294 e. The minimum atomic E-state index is -0.377. The molecule has 22 heavy (non-hydrogen) atoms. The molecule has 0 bridgehead atoms. The second kappa shape index (κ2) is 5.80. The Morgan fingerprint density at radius 1 is 1.36 bits per heavy atom. The molecule has 0 atom stereocenters. The molecule has 3 aromatic heterocycles. The number of nitrogens with zero attached hydrogens (tertiary/aromatic N) is 3. The summed E-state index contributed by atoms with van der Waals surface area (Å²) in [4.78, 5) is 16.5. The topological polar surface area (TPSA) is 96.7 Å². The molecule has 3 heterocycles. The maximum Gasteiger partial charge on any atom is 0.294 e. The summed E-state index contributed by atoms with van der Waals surface area (Å²) in [7, 11) is 0. The molecule has 2 N–H and O–H groups in total. The number of hydrogen-bond acceptors (Lipinski definition) is 5. The summed E-state index contributed by atoms with van der Waals surface area (Å²) in [5, 5.41) is 13.4. The fourth-order valence-electron chi connectivity index (χ4n) is 1.94. The van der Waals surface area contributed by atoms with E-state index in [0.29, 0.717) is 17.1 Å². The molecular weight excluding hydrogens is 282 g/mol. The Morgan fingerprint density at radius 3 is 2.91 bits per heavy atom. The van der Waals surface area contributed by atoms with Crippen LogP contribution in [0.1, 0.15) is 36.0 Å². The Kier molecular flexibility index (Phi) is 3.69. The molecule has 0 aliphatic carbocycles. The number of amides is 1. The molecule has 3 rings (SSSR count). The van der Waals surface area contributed by atoms with Gasteiger partial charge in [-0.1, -0.05) is 25.1 Å². The minimum Gasteiger partial charge on any atom is -0.351 e. The van der Waals surface area contributed by atoms with Gasteiger partial charge in [0.15, 0.2) is 0 Å². The van der Waals surface area contributed by atoms with Crippen molar-refractivity contribution in [2.24, 2.45) is 0 Å². The zero-order valence-corrected chi connectivity index (χ0v) is 12.2.